The fraction of sp³-hybridized carbons (Fsp3) is 0.360. The summed E-state index contributed by atoms with van der Waals surface area (Å²) >= 11 is 8.30. The number of β-lactam (4-membered cyclic amide) rings is 1. The van der Waals surface area contributed by atoms with Gasteiger partial charge in [-0.1, -0.05) is 28.1 Å². The SMILES string of the molecule is C[C@H](O/N=C(\C(=O)NC1C(=O)N2C(C(=O)O)=C(C[n+]3cccc4c3nc(N)n4C3CNC3)CSC12)c1nc(N)sc1Cl)C(=O)O. The lowest BCUT2D eigenvalue weighted by molar-refractivity contribution is -0.664. The molecule has 17 nitrogen and oxygen atoms in total. The molecule has 2 amide bonds. The summed E-state index contributed by atoms with van der Waals surface area (Å²) in [6.45, 7) is 2.86. The van der Waals surface area contributed by atoms with Crippen molar-refractivity contribution in [2.24, 2.45) is 5.16 Å². The predicted molar refractivity (Wildman–Crippen MR) is 162 cm³/mol. The fourth-order valence-electron chi connectivity index (χ4n) is 5.15. The van der Waals surface area contributed by atoms with E-state index in [4.69, 9.17) is 33.0 Å². The monoisotopic (exact) mass is 677 g/mol. The average molecular weight is 678 g/mol. The number of nitrogen functional groups attached to an aromatic ring is 2. The van der Waals surface area contributed by atoms with Crippen molar-refractivity contribution in [1.29, 1.82) is 0 Å². The number of anilines is 2. The van der Waals surface area contributed by atoms with Crippen LogP contribution in [0.4, 0.5) is 11.1 Å². The minimum atomic E-state index is -1.41. The topological polar surface area (TPSA) is 244 Å². The maximum atomic E-state index is 13.4. The van der Waals surface area contributed by atoms with Gasteiger partial charge in [-0.15, -0.1) is 11.8 Å². The number of hydrogen-bond donors (Lipinski definition) is 6. The summed E-state index contributed by atoms with van der Waals surface area (Å²) in [5, 5.41) is 28.0. The number of nitrogens with zero attached hydrogens (tertiary/aromatic N) is 6. The quantitative estimate of drug-likeness (QED) is 0.0679. The number of carbonyl (C=O) groups excluding carboxylic acids is 2. The number of nitrogens with two attached hydrogens (primary N) is 2. The highest BCUT2D eigenvalue weighted by Crippen LogP contribution is 2.40. The van der Waals surface area contributed by atoms with Crippen LogP contribution >= 0.6 is 34.7 Å². The molecule has 2 fully saturated rings. The number of carboxylic acids is 2. The lowest BCUT2D eigenvalue weighted by Crippen LogP contribution is -2.71. The molecule has 0 aliphatic carbocycles. The van der Waals surface area contributed by atoms with E-state index in [1.807, 2.05) is 16.7 Å². The Hall–Kier alpha value is -4.46. The zero-order valence-electron chi connectivity index (χ0n) is 23.3. The molecule has 236 valence electrons. The van der Waals surface area contributed by atoms with Gasteiger partial charge in [0.2, 0.25) is 6.10 Å². The molecule has 3 aliphatic heterocycles. The Balaban J connectivity index is 1.25. The second kappa shape index (κ2) is 11.8. The number of fused-ring (bicyclic) bond motifs is 2. The molecule has 2 unspecified atom stereocenters. The van der Waals surface area contributed by atoms with Crippen LogP contribution in [0.5, 0.6) is 0 Å². The van der Waals surface area contributed by atoms with Gasteiger partial charge >= 0.3 is 23.5 Å². The maximum Gasteiger partial charge on any atom is 0.352 e. The van der Waals surface area contributed by atoms with Crippen molar-refractivity contribution in [2.45, 2.75) is 37.0 Å². The number of thioether (sulfide) groups is 1. The van der Waals surface area contributed by atoms with Gasteiger partial charge in [0.15, 0.2) is 10.8 Å². The standard InChI is InChI=1S/C25H25ClN10O7S2/c1-9(22(39)40)43-33-14(13-17(26)45-25(28)31-13)19(37)30-15-20(38)36-16(23(41)42)10(8-44-21(15)36)7-34-4-2-3-12-18(34)32-24(27)35(12)11-5-29-6-11/h2-4,9,11,15,21,27,29H,5-8H2,1H3,(H5,28,30,31,37,39,40,41,42)/p+1/b33-14-/t9-,15?,21?/m0/s1. The summed E-state index contributed by atoms with van der Waals surface area (Å²) in [4.78, 5) is 65.0. The number of carboxylic acid groups (broad SMARTS) is 2. The number of aliphatic carboxylic acids is 2. The summed E-state index contributed by atoms with van der Waals surface area (Å²) in [6.07, 6.45) is 0.357. The number of rotatable bonds is 10. The highest BCUT2D eigenvalue weighted by molar-refractivity contribution is 8.00. The van der Waals surface area contributed by atoms with Crippen LogP contribution in [-0.4, -0.2) is 95.5 Å². The number of oxime groups is 1. The number of carbonyl (C=O) groups is 4. The van der Waals surface area contributed by atoms with Gasteiger partial charge in [0.05, 0.1) is 12.2 Å². The Labute approximate surface area is 266 Å². The summed E-state index contributed by atoms with van der Waals surface area (Å²) in [5.74, 6) is -3.64. The number of nitrogens with one attached hydrogen (secondary N) is 2. The third-order valence-electron chi connectivity index (χ3n) is 7.46. The summed E-state index contributed by atoms with van der Waals surface area (Å²) < 4.78 is 3.73. The zero-order valence-corrected chi connectivity index (χ0v) is 25.7. The molecule has 0 bridgehead atoms. The summed E-state index contributed by atoms with van der Waals surface area (Å²) in [5.41, 5.74) is 13.0. The molecule has 0 radical (unpaired) electrons. The van der Waals surface area contributed by atoms with Gasteiger partial charge in [-0.05, 0) is 24.0 Å². The minimum absolute atomic E-state index is 0.00853. The fourth-order valence-corrected chi connectivity index (χ4v) is 7.41. The molecule has 0 aromatic carbocycles. The minimum Gasteiger partial charge on any atom is -0.478 e. The highest BCUT2D eigenvalue weighted by atomic mass is 35.5. The van der Waals surface area contributed by atoms with E-state index >= 15 is 0 Å². The smallest absolute Gasteiger partial charge is 0.352 e. The third-order valence-corrected chi connectivity index (χ3v) is 9.89. The van der Waals surface area contributed by atoms with Crippen LogP contribution < -0.4 is 26.7 Å². The number of imidazole rings is 1. The number of aromatic nitrogens is 4. The first kappa shape index (κ1) is 30.6. The van der Waals surface area contributed by atoms with Gasteiger partial charge in [0.25, 0.3) is 11.8 Å². The van der Waals surface area contributed by atoms with Crippen molar-refractivity contribution in [3.05, 3.63) is 39.6 Å². The molecule has 6 heterocycles. The van der Waals surface area contributed by atoms with E-state index in [9.17, 15) is 24.3 Å². The summed E-state index contributed by atoms with van der Waals surface area (Å²) in [6, 6.07) is 2.76. The van der Waals surface area contributed by atoms with E-state index in [2.05, 4.69) is 25.8 Å². The van der Waals surface area contributed by atoms with Gasteiger partial charge in [0, 0.05) is 24.4 Å². The molecule has 6 rings (SSSR count). The van der Waals surface area contributed by atoms with E-state index in [1.165, 1.54) is 18.7 Å². The second-order valence-corrected chi connectivity index (χ2v) is 13.1. The van der Waals surface area contributed by atoms with Crippen LogP contribution in [0.3, 0.4) is 0 Å². The largest absolute Gasteiger partial charge is 0.478 e. The first-order valence-electron chi connectivity index (χ1n) is 13.4. The molecule has 3 aliphatic rings. The van der Waals surface area contributed by atoms with E-state index in [0.717, 1.165) is 34.8 Å². The van der Waals surface area contributed by atoms with Gasteiger partial charge < -0.3 is 37.2 Å². The van der Waals surface area contributed by atoms with E-state index < -0.39 is 47.0 Å². The van der Waals surface area contributed by atoms with Crippen molar-refractivity contribution >= 4 is 86.4 Å². The first-order valence-corrected chi connectivity index (χ1v) is 15.7. The molecular formula is C25H26ClN10O7S2+. The van der Waals surface area contributed by atoms with Gasteiger partial charge in [-0.3, -0.25) is 19.1 Å². The Morgan fingerprint density at radius 2 is 2.07 bits per heavy atom. The third kappa shape index (κ3) is 5.40. The molecule has 0 spiro atoms. The number of amides is 2. The molecule has 3 atom stereocenters. The van der Waals surface area contributed by atoms with Gasteiger partial charge in [-0.25, -0.2) is 19.1 Å². The van der Waals surface area contributed by atoms with E-state index in [0.29, 0.717) is 17.2 Å². The Kier molecular flexibility index (Phi) is 8.02. The van der Waals surface area contributed by atoms with Crippen molar-refractivity contribution in [3.63, 3.8) is 0 Å². The molecular weight excluding hydrogens is 652 g/mol. The Morgan fingerprint density at radius 3 is 2.69 bits per heavy atom. The van der Waals surface area contributed by atoms with Crippen LogP contribution in [-0.2, 0) is 30.6 Å². The Morgan fingerprint density at radius 1 is 1.31 bits per heavy atom. The first-order chi connectivity index (χ1) is 21.5. The molecule has 2 saturated heterocycles. The number of hydrogen-bond acceptors (Lipinski definition) is 13. The molecule has 20 heteroatoms. The van der Waals surface area contributed by atoms with Crippen molar-refractivity contribution < 1.29 is 38.8 Å². The van der Waals surface area contributed by atoms with Gasteiger partial charge in [0.1, 0.15) is 39.2 Å². The Bertz CT molecular complexity index is 1820. The second-order valence-electron chi connectivity index (χ2n) is 10.3. The number of thiazole rings is 1. The number of halogens is 1. The average Bonchev–Trinajstić information content (AvgIpc) is 3.48. The van der Waals surface area contributed by atoms with Crippen LogP contribution in [0, 0.1) is 0 Å². The van der Waals surface area contributed by atoms with Crippen LogP contribution in [0.1, 0.15) is 18.7 Å². The van der Waals surface area contributed by atoms with Crippen LogP contribution in [0.25, 0.3) is 11.2 Å². The predicted octanol–water partition coefficient (Wildman–Crippen LogP) is -0.625. The highest BCUT2D eigenvalue weighted by Gasteiger charge is 2.54. The molecule has 3 aromatic heterocycles. The van der Waals surface area contributed by atoms with Crippen molar-refractivity contribution in [1.82, 2.24) is 30.1 Å². The lowest BCUT2D eigenvalue weighted by Gasteiger charge is -2.49. The number of pyridine rings is 1. The van der Waals surface area contributed by atoms with Crippen molar-refractivity contribution in [3.8, 4) is 0 Å². The molecule has 45 heavy (non-hydrogen) atoms. The normalized spacial score (nSPS) is 20.8. The van der Waals surface area contributed by atoms with Gasteiger partial charge in [-0.2, -0.15) is 0 Å². The van der Waals surface area contributed by atoms with E-state index in [-0.39, 0.29) is 39.2 Å². The lowest BCUT2D eigenvalue weighted by atomic mass is 10.0. The van der Waals surface area contributed by atoms with Crippen LogP contribution in [0.15, 0.2) is 34.8 Å². The summed E-state index contributed by atoms with van der Waals surface area (Å²) in [7, 11) is 0. The molecule has 8 N–H and O–H groups in total. The zero-order chi connectivity index (χ0) is 32.2. The molecule has 0 saturated carbocycles. The van der Waals surface area contributed by atoms with E-state index in [1.54, 1.807) is 10.8 Å². The van der Waals surface area contributed by atoms with Crippen molar-refractivity contribution in [2.75, 3.05) is 30.3 Å². The van der Waals surface area contributed by atoms with Crippen LogP contribution in [0.2, 0.25) is 4.34 Å². The maximum absolute atomic E-state index is 13.4. The molecule has 3 aromatic rings.